The number of aromatic nitrogens is 3. The van der Waals surface area contributed by atoms with E-state index in [0.717, 1.165) is 25.0 Å². The van der Waals surface area contributed by atoms with Crippen molar-refractivity contribution < 1.29 is 22.8 Å². The molecule has 144 valence electrons. The molecule has 7 nitrogen and oxygen atoms in total. The molecule has 1 saturated carbocycles. The van der Waals surface area contributed by atoms with E-state index in [-0.39, 0.29) is 23.1 Å². The van der Waals surface area contributed by atoms with E-state index >= 15 is 0 Å². The van der Waals surface area contributed by atoms with Crippen LogP contribution in [0.15, 0.2) is 47.6 Å². The highest BCUT2D eigenvalue weighted by Crippen LogP contribution is 2.41. The van der Waals surface area contributed by atoms with E-state index in [1.54, 1.807) is 30.3 Å². The lowest BCUT2D eigenvalue weighted by Gasteiger charge is -2.10. The maximum Gasteiger partial charge on any atom is 0.433 e. The second-order valence-electron chi connectivity index (χ2n) is 6.36. The van der Waals surface area contributed by atoms with Gasteiger partial charge in [0.1, 0.15) is 5.69 Å². The molecule has 0 saturated heterocycles. The smallest absolute Gasteiger partial charge is 0.380 e. The van der Waals surface area contributed by atoms with E-state index in [4.69, 9.17) is 10.6 Å². The van der Waals surface area contributed by atoms with Gasteiger partial charge >= 0.3 is 12.1 Å². The molecule has 0 unspecified atom stereocenters. The third-order valence-electron chi connectivity index (χ3n) is 4.24. The molecule has 1 aromatic carbocycles. The molecule has 0 radical (unpaired) electrons. The van der Waals surface area contributed by atoms with Crippen LogP contribution >= 0.6 is 0 Å². The van der Waals surface area contributed by atoms with Crippen LogP contribution < -0.4 is 5.73 Å². The van der Waals surface area contributed by atoms with Gasteiger partial charge in [-0.2, -0.15) is 18.3 Å². The quantitative estimate of drug-likeness (QED) is 0.320. The summed E-state index contributed by atoms with van der Waals surface area (Å²) in [5.74, 6) is -1.08. The number of hydrogen-bond donors (Lipinski definition) is 1. The number of carbonyl (C=O) groups excluding carboxylic acids is 1. The highest BCUT2D eigenvalue weighted by atomic mass is 19.4. The van der Waals surface area contributed by atoms with Crippen LogP contribution in [0.25, 0.3) is 5.65 Å². The molecule has 10 heteroatoms. The Morgan fingerprint density at radius 2 is 1.93 bits per heavy atom. The normalized spacial score (nSPS) is 15.0. The summed E-state index contributed by atoms with van der Waals surface area (Å²) in [6, 6.07) is 10.7. The fraction of sp³-hybridized carbons (Fsp3) is 0.222. The first kappa shape index (κ1) is 18.0. The zero-order chi connectivity index (χ0) is 19.9. The Bertz CT molecular complexity index is 1070. The molecule has 0 spiro atoms. The van der Waals surface area contributed by atoms with Gasteiger partial charge in [-0.3, -0.25) is 0 Å². The maximum atomic E-state index is 13.4. The number of amidine groups is 1. The Balaban J connectivity index is 1.64. The van der Waals surface area contributed by atoms with Gasteiger partial charge in [0.15, 0.2) is 17.2 Å². The number of benzene rings is 1. The molecule has 1 aliphatic carbocycles. The SMILES string of the molecule is N/C(=N\OC(=O)c1cc2nc(C3CC3)cc(C(F)(F)F)n2n1)c1ccccc1. The number of fused-ring (bicyclic) bond motifs is 1. The number of halogens is 3. The lowest BCUT2D eigenvalue weighted by atomic mass is 10.2. The summed E-state index contributed by atoms with van der Waals surface area (Å²) in [5.41, 5.74) is 5.16. The van der Waals surface area contributed by atoms with Gasteiger partial charge in [0.25, 0.3) is 0 Å². The van der Waals surface area contributed by atoms with Gasteiger partial charge in [0, 0.05) is 23.2 Å². The first-order valence-corrected chi connectivity index (χ1v) is 8.41. The van der Waals surface area contributed by atoms with Crippen molar-refractivity contribution in [1.82, 2.24) is 14.6 Å². The molecular formula is C18H14F3N5O2. The second-order valence-corrected chi connectivity index (χ2v) is 6.36. The molecule has 28 heavy (non-hydrogen) atoms. The van der Waals surface area contributed by atoms with Gasteiger partial charge in [-0.15, -0.1) is 0 Å². The van der Waals surface area contributed by atoms with Crippen LogP contribution in [0.1, 0.15) is 46.2 Å². The molecule has 4 rings (SSSR count). The molecule has 0 aliphatic heterocycles. The minimum Gasteiger partial charge on any atom is -0.380 e. The maximum absolute atomic E-state index is 13.4. The Morgan fingerprint density at radius 1 is 1.21 bits per heavy atom. The molecular weight excluding hydrogens is 375 g/mol. The Hall–Kier alpha value is -3.43. The number of hydrogen-bond acceptors (Lipinski definition) is 5. The van der Waals surface area contributed by atoms with Crippen molar-refractivity contribution in [2.24, 2.45) is 10.9 Å². The van der Waals surface area contributed by atoms with Gasteiger partial charge in [-0.05, 0) is 18.9 Å². The standard InChI is InChI=1S/C18H14F3N5O2/c19-18(20,21)14-8-12(10-6-7-10)23-15-9-13(24-26(14)15)17(27)28-25-16(22)11-4-2-1-3-5-11/h1-5,8-10H,6-7H2,(H2,22,25). The molecule has 2 aromatic heterocycles. The first-order chi connectivity index (χ1) is 13.3. The summed E-state index contributed by atoms with van der Waals surface area (Å²) < 4.78 is 40.8. The van der Waals surface area contributed by atoms with E-state index in [9.17, 15) is 18.0 Å². The Morgan fingerprint density at radius 3 is 2.57 bits per heavy atom. The topological polar surface area (TPSA) is 94.9 Å². The van der Waals surface area contributed by atoms with Crippen LogP contribution in [0, 0.1) is 0 Å². The van der Waals surface area contributed by atoms with Crippen LogP contribution in [-0.2, 0) is 11.0 Å². The Labute approximate surface area is 156 Å². The number of nitrogens with two attached hydrogens (primary N) is 1. The molecule has 1 aliphatic rings. The van der Waals surface area contributed by atoms with Gasteiger partial charge < -0.3 is 10.6 Å². The van der Waals surface area contributed by atoms with Gasteiger partial charge in [-0.25, -0.2) is 14.3 Å². The number of rotatable bonds is 4. The molecule has 0 atom stereocenters. The molecule has 0 amide bonds. The van der Waals surface area contributed by atoms with Crippen molar-refractivity contribution in [3.63, 3.8) is 0 Å². The van der Waals surface area contributed by atoms with Crippen LogP contribution in [0.5, 0.6) is 0 Å². The van der Waals surface area contributed by atoms with E-state index < -0.39 is 17.8 Å². The van der Waals surface area contributed by atoms with Crippen molar-refractivity contribution in [2.75, 3.05) is 0 Å². The predicted molar refractivity (Wildman–Crippen MR) is 92.5 cm³/mol. The average Bonchev–Trinajstić information content (AvgIpc) is 3.43. The number of nitrogens with zero attached hydrogens (tertiary/aromatic N) is 4. The average molecular weight is 389 g/mol. The highest BCUT2D eigenvalue weighted by molar-refractivity contribution is 5.98. The zero-order valence-electron chi connectivity index (χ0n) is 14.3. The van der Waals surface area contributed by atoms with Gasteiger partial charge in [0.05, 0.1) is 0 Å². The van der Waals surface area contributed by atoms with Crippen molar-refractivity contribution in [3.8, 4) is 0 Å². The fourth-order valence-corrected chi connectivity index (χ4v) is 2.68. The predicted octanol–water partition coefficient (Wildman–Crippen LogP) is 3.10. The monoisotopic (exact) mass is 389 g/mol. The summed E-state index contributed by atoms with van der Waals surface area (Å²) in [6.07, 6.45) is -3.07. The van der Waals surface area contributed by atoms with E-state index in [0.29, 0.717) is 15.8 Å². The molecule has 3 aromatic rings. The van der Waals surface area contributed by atoms with Crippen LogP contribution in [0.4, 0.5) is 13.2 Å². The van der Waals surface area contributed by atoms with E-state index in [1.165, 1.54) is 0 Å². The van der Waals surface area contributed by atoms with E-state index in [2.05, 4.69) is 15.2 Å². The minimum atomic E-state index is -4.64. The van der Waals surface area contributed by atoms with Crippen LogP contribution in [0.3, 0.4) is 0 Å². The van der Waals surface area contributed by atoms with E-state index in [1.807, 2.05) is 0 Å². The third-order valence-corrected chi connectivity index (χ3v) is 4.24. The summed E-state index contributed by atoms with van der Waals surface area (Å²) >= 11 is 0. The summed E-state index contributed by atoms with van der Waals surface area (Å²) in [7, 11) is 0. The number of alkyl halides is 3. The van der Waals surface area contributed by atoms with Crippen molar-refractivity contribution in [3.05, 3.63) is 65.1 Å². The van der Waals surface area contributed by atoms with Crippen LogP contribution in [-0.4, -0.2) is 26.4 Å². The summed E-state index contributed by atoms with van der Waals surface area (Å²) in [4.78, 5) is 21.1. The number of carbonyl (C=O) groups is 1. The van der Waals surface area contributed by atoms with Crippen molar-refractivity contribution >= 4 is 17.5 Å². The molecule has 1 fully saturated rings. The lowest BCUT2D eigenvalue weighted by Crippen LogP contribution is -2.16. The van der Waals surface area contributed by atoms with Gasteiger partial charge in [-0.1, -0.05) is 35.5 Å². The highest BCUT2D eigenvalue weighted by Gasteiger charge is 2.37. The lowest BCUT2D eigenvalue weighted by molar-refractivity contribution is -0.142. The molecule has 2 N–H and O–H groups in total. The minimum absolute atomic E-state index is 0.00618. The van der Waals surface area contributed by atoms with Crippen molar-refractivity contribution in [2.45, 2.75) is 24.9 Å². The summed E-state index contributed by atoms with van der Waals surface area (Å²) in [6.45, 7) is 0. The van der Waals surface area contributed by atoms with Crippen LogP contribution in [0.2, 0.25) is 0 Å². The van der Waals surface area contributed by atoms with Crippen molar-refractivity contribution in [1.29, 1.82) is 0 Å². The fourth-order valence-electron chi connectivity index (χ4n) is 2.68. The Kier molecular flexibility index (Phi) is 4.25. The van der Waals surface area contributed by atoms with Gasteiger partial charge in [0.2, 0.25) is 0 Å². The largest absolute Gasteiger partial charge is 0.433 e. The number of oxime groups is 1. The summed E-state index contributed by atoms with van der Waals surface area (Å²) in [5, 5.41) is 7.22. The molecule has 2 heterocycles. The second kappa shape index (κ2) is 6.63. The third kappa shape index (κ3) is 3.53. The first-order valence-electron chi connectivity index (χ1n) is 8.41. The molecule has 0 bridgehead atoms. The zero-order valence-corrected chi connectivity index (χ0v) is 14.3.